The Labute approximate surface area is 230 Å². The number of phenols is 3. The monoisotopic (exact) mass is 580 g/mol. The van der Waals surface area contributed by atoms with Crippen molar-refractivity contribution in [3.8, 4) is 34.3 Å². The zero-order valence-corrected chi connectivity index (χ0v) is 21.0. The Hall–Kier alpha value is -3.51. The molecule has 41 heavy (non-hydrogen) atoms. The fraction of sp³-hybridized carbons (Fsp3) is 0.423. The molecule has 0 spiro atoms. The third kappa shape index (κ3) is 5.54. The summed E-state index contributed by atoms with van der Waals surface area (Å²) in [6.45, 7) is -0.894. The van der Waals surface area contributed by atoms with E-state index >= 15 is 0 Å². The van der Waals surface area contributed by atoms with Gasteiger partial charge in [-0.25, -0.2) is 0 Å². The minimum atomic E-state index is -1.87. The highest BCUT2D eigenvalue weighted by molar-refractivity contribution is 5.89. The quantitative estimate of drug-likeness (QED) is 0.146. The Morgan fingerprint density at radius 2 is 1.49 bits per heavy atom. The topological polar surface area (TPSA) is 249 Å². The Morgan fingerprint density at radius 1 is 0.805 bits per heavy atom. The number of aromatic hydroxyl groups is 3. The van der Waals surface area contributed by atoms with Gasteiger partial charge in [0.15, 0.2) is 23.2 Å². The van der Waals surface area contributed by atoms with Crippen molar-refractivity contribution in [3.05, 3.63) is 46.6 Å². The second kappa shape index (κ2) is 11.4. The van der Waals surface area contributed by atoms with Gasteiger partial charge in [-0.15, -0.1) is 0 Å². The maximum absolute atomic E-state index is 12.7. The summed E-state index contributed by atoms with van der Waals surface area (Å²) in [6.07, 6.45) is -14.6. The van der Waals surface area contributed by atoms with Gasteiger partial charge in [0.2, 0.25) is 12.0 Å². The van der Waals surface area contributed by atoms with Crippen LogP contribution < -0.4 is 10.2 Å². The lowest BCUT2D eigenvalue weighted by Crippen LogP contribution is -2.61. The van der Waals surface area contributed by atoms with Crippen molar-refractivity contribution in [2.45, 2.75) is 55.3 Å². The van der Waals surface area contributed by atoms with E-state index < -0.39 is 84.6 Å². The first kappa shape index (κ1) is 29.0. The van der Waals surface area contributed by atoms with E-state index in [0.717, 1.165) is 12.1 Å². The highest BCUT2D eigenvalue weighted by atomic mass is 16.7. The smallest absolute Gasteiger partial charge is 0.229 e. The van der Waals surface area contributed by atoms with Crippen molar-refractivity contribution >= 4 is 11.0 Å². The summed E-state index contributed by atoms with van der Waals surface area (Å²) in [7, 11) is 0. The Morgan fingerprint density at radius 3 is 2.20 bits per heavy atom. The molecule has 0 aliphatic carbocycles. The van der Waals surface area contributed by atoms with Crippen LogP contribution in [0, 0.1) is 0 Å². The van der Waals surface area contributed by atoms with Gasteiger partial charge in [-0.2, -0.15) is 0 Å². The van der Waals surface area contributed by atoms with Crippen LogP contribution in [-0.4, -0.2) is 114 Å². The van der Waals surface area contributed by atoms with Gasteiger partial charge in [-0.3, -0.25) is 4.79 Å². The average Bonchev–Trinajstić information content (AvgIpc) is 2.95. The van der Waals surface area contributed by atoms with Crippen LogP contribution in [-0.2, 0) is 14.2 Å². The average molecular weight is 580 g/mol. The molecule has 222 valence electrons. The Bertz CT molecular complexity index is 1440. The molecule has 15 nitrogen and oxygen atoms in total. The van der Waals surface area contributed by atoms with Gasteiger partial charge in [0.25, 0.3) is 0 Å². The lowest BCUT2D eigenvalue weighted by molar-refractivity contribution is -0.307. The molecule has 9 unspecified atom stereocenters. The summed E-state index contributed by atoms with van der Waals surface area (Å²) < 4.78 is 27.3. The molecule has 1 aromatic heterocycles. The van der Waals surface area contributed by atoms with Crippen molar-refractivity contribution in [1.29, 1.82) is 0 Å². The van der Waals surface area contributed by atoms with E-state index in [1.165, 1.54) is 24.3 Å². The maximum atomic E-state index is 12.7. The number of aliphatic hydroxyl groups excluding tert-OH is 6. The first-order chi connectivity index (χ1) is 19.5. The minimum Gasteiger partial charge on any atom is -0.508 e. The van der Waals surface area contributed by atoms with Gasteiger partial charge in [0.1, 0.15) is 65.2 Å². The molecule has 2 aromatic carbocycles. The van der Waals surface area contributed by atoms with Gasteiger partial charge >= 0.3 is 0 Å². The normalized spacial score (nSPS) is 32.2. The summed E-state index contributed by atoms with van der Waals surface area (Å²) in [5.74, 6) is -2.27. The number of benzene rings is 2. The number of phenolic OH excluding ortho intramolecular Hbond substituents is 3. The summed E-state index contributed by atoms with van der Waals surface area (Å²) in [4.78, 5) is 12.7. The van der Waals surface area contributed by atoms with Gasteiger partial charge in [0, 0.05) is 17.7 Å². The molecule has 15 heteroatoms. The number of hydrogen-bond acceptors (Lipinski definition) is 15. The molecule has 2 saturated heterocycles. The molecule has 9 atom stereocenters. The Kier molecular flexibility index (Phi) is 8.06. The molecule has 3 heterocycles. The first-order valence-electron chi connectivity index (χ1n) is 12.4. The van der Waals surface area contributed by atoms with Crippen LogP contribution in [0.2, 0.25) is 0 Å². The lowest BCUT2D eigenvalue weighted by atomic mass is 9.99. The van der Waals surface area contributed by atoms with E-state index in [-0.39, 0.29) is 29.1 Å². The van der Waals surface area contributed by atoms with E-state index in [1.54, 1.807) is 0 Å². The van der Waals surface area contributed by atoms with Crippen LogP contribution in [0.4, 0.5) is 0 Å². The van der Waals surface area contributed by atoms with Crippen molar-refractivity contribution in [1.82, 2.24) is 0 Å². The predicted octanol–water partition coefficient (Wildman–Crippen LogP) is -1.78. The molecule has 2 aliphatic rings. The SMILES string of the molecule is O=c1cc(-c2ccc(O)cc2)oc2cc(OC3OC(COC4OCC(O)C(O)C4O)C(O)C(O)C3O)c(O)c(O)c12. The largest absolute Gasteiger partial charge is 0.508 e. The molecule has 3 aromatic rings. The number of rotatable bonds is 6. The highest BCUT2D eigenvalue weighted by Crippen LogP contribution is 2.42. The lowest BCUT2D eigenvalue weighted by Gasteiger charge is -2.41. The maximum Gasteiger partial charge on any atom is 0.229 e. The highest BCUT2D eigenvalue weighted by Gasteiger charge is 2.46. The van der Waals surface area contributed by atoms with Crippen LogP contribution in [0.5, 0.6) is 23.0 Å². The summed E-state index contributed by atoms with van der Waals surface area (Å²) in [5, 5.41) is 90.9. The van der Waals surface area contributed by atoms with E-state index in [0.29, 0.717) is 5.56 Å². The fourth-order valence-corrected chi connectivity index (χ4v) is 4.52. The molecule has 0 bridgehead atoms. The number of hydrogen-bond donors (Lipinski definition) is 9. The van der Waals surface area contributed by atoms with Gasteiger partial charge in [0.05, 0.1) is 13.2 Å². The summed E-state index contributed by atoms with van der Waals surface area (Å²) in [5.41, 5.74) is -0.513. The van der Waals surface area contributed by atoms with Crippen LogP contribution in [0.3, 0.4) is 0 Å². The molecule has 0 radical (unpaired) electrons. The second-order valence-corrected chi connectivity index (χ2v) is 9.68. The standard InChI is InChI=1S/C26H28O15/c27-10-3-1-9(2-4-10)13-5-11(28)17-14(39-13)6-15(19(31)21(17)33)40-26-24(36)22(34)20(32)16(41-26)8-38-25-23(35)18(30)12(29)7-37-25/h1-6,12,16,18,20,22-27,29-36H,7-8H2. The molecule has 0 amide bonds. The van der Waals surface area contributed by atoms with Gasteiger partial charge < -0.3 is 69.3 Å². The second-order valence-electron chi connectivity index (χ2n) is 9.68. The summed E-state index contributed by atoms with van der Waals surface area (Å²) >= 11 is 0. The molecular formula is C26H28O15. The molecule has 5 rings (SSSR count). The molecule has 9 N–H and O–H groups in total. The zero-order chi connectivity index (χ0) is 29.6. The van der Waals surface area contributed by atoms with E-state index in [1.807, 2.05) is 0 Å². The van der Waals surface area contributed by atoms with E-state index in [9.17, 15) is 50.8 Å². The van der Waals surface area contributed by atoms with Gasteiger partial charge in [-0.05, 0) is 24.3 Å². The predicted molar refractivity (Wildman–Crippen MR) is 134 cm³/mol. The van der Waals surface area contributed by atoms with Crippen molar-refractivity contribution in [2.24, 2.45) is 0 Å². The summed E-state index contributed by atoms with van der Waals surface area (Å²) in [6, 6.07) is 7.84. The molecular weight excluding hydrogens is 552 g/mol. The minimum absolute atomic E-state index is 0.0176. The van der Waals surface area contributed by atoms with Gasteiger partial charge in [-0.1, -0.05) is 0 Å². The number of aliphatic hydroxyl groups is 6. The van der Waals surface area contributed by atoms with Crippen LogP contribution in [0.1, 0.15) is 0 Å². The van der Waals surface area contributed by atoms with Crippen LogP contribution >= 0.6 is 0 Å². The van der Waals surface area contributed by atoms with E-state index in [4.69, 9.17) is 23.4 Å². The zero-order valence-electron chi connectivity index (χ0n) is 21.0. The van der Waals surface area contributed by atoms with Crippen LogP contribution in [0.15, 0.2) is 45.6 Å². The van der Waals surface area contributed by atoms with Crippen molar-refractivity contribution in [2.75, 3.05) is 13.2 Å². The van der Waals surface area contributed by atoms with Crippen LogP contribution in [0.25, 0.3) is 22.3 Å². The third-order valence-corrected chi connectivity index (χ3v) is 6.87. The molecule has 2 fully saturated rings. The number of ether oxygens (including phenoxy) is 4. The number of fused-ring (bicyclic) bond motifs is 1. The third-order valence-electron chi connectivity index (χ3n) is 6.87. The van der Waals surface area contributed by atoms with E-state index in [2.05, 4.69) is 0 Å². The molecule has 2 aliphatic heterocycles. The molecule has 0 saturated carbocycles. The Balaban J connectivity index is 1.39. The van der Waals surface area contributed by atoms with Crippen molar-refractivity contribution in [3.63, 3.8) is 0 Å². The van der Waals surface area contributed by atoms with Crippen molar-refractivity contribution < 1.29 is 69.3 Å². The fourth-order valence-electron chi connectivity index (χ4n) is 4.52. The first-order valence-corrected chi connectivity index (χ1v) is 12.4.